The number of nitriles is 1. The fraction of sp³-hybridized carbons (Fsp3) is 0.200. The smallest absolute Gasteiger partial charge is 0.141 e. The van der Waals surface area contributed by atoms with Crippen LogP contribution in [0.25, 0.3) is 0 Å². The number of hydrogen-bond acceptors (Lipinski definition) is 4. The zero-order chi connectivity index (χ0) is 13.4. The molecule has 3 rings (SSSR count). The van der Waals surface area contributed by atoms with Crippen molar-refractivity contribution in [3.05, 3.63) is 52.7 Å². The molecule has 0 aliphatic carbocycles. The van der Waals surface area contributed by atoms with Gasteiger partial charge >= 0.3 is 0 Å². The van der Waals surface area contributed by atoms with Crippen molar-refractivity contribution in [1.29, 1.82) is 5.26 Å². The van der Waals surface area contributed by atoms with Gasteiger partial charge in [-0.05, 0) is 35.7 Å². The van der Waals surface area contributed by atoms with Gasteiger partial charge in [0.25, 0.3) is 0 Å². The van der Waals surface area contributed by atoms with Crippen LogP contribution in [-0.4, -0.2) is 4.98 Å². The maximum atomic E-state index is 9.20. The number of nitrogen functional groups attached to an aromatic ring is 1. The van der Waals surface area contributed by atoms with Crippen LogP contribution in [0.2, 0.25) is 0 Å². The van der Waals surface area contributed by atoms with E-state index in [-0.39, 0.29) is 0 Å². The largest absolute Gasteiger partial charge is 0.383 e. The normalized spacial score (nSPS) is 13.2. The number of benzene rings is 1. The molecule has 0 spiro atoms. The van der Waals surface area contributed by atoms with Gasteiger partial charge < -0.3 is 10.6 Å². The summed E-state index contributed by atoms with van der Waals surface area (Å²) in [6, 6.07) is 10.5. The molecule has 94 valence electrons. The number of nitrogens with two attached hydrogens (primary N) is 1. The van der Waals surface area contributed by atoms with Crippen LogP contribution in [-0.2, 0) is 13.1 Å². The number of rotatable bonds is 1. The van der Waals surface area contributed by atoms with Gasteiger partial charge in [-0.3, -0.25) is 0 Å². The van der Waals surface area contributed by atoms with E-state index in [4.69, 9.17) is 5.73 Å². The number of aromatic nitrogens is 1. The maximum absolute atomic E-state index is 9.20. The molecule has 0 unspecified atom stereocenters. The third-order valence-electron chi connectivity index (χ3n) is 3.49. The molecule has 1 aromatic heterocycles. The molecule has 0 saturated heterocycles. The molecule has 2 heterocycles. The van der Waals surface area contributed by atoms with Crippen LogP contribution in [0.4, 0.5) is 11.5 Å². The monoisotopic (exact) mass is 250 g/mol. The van der Waals surface area contributed by atoms with E-state index in [2.05, 4.69) is 41.1 Å². The summed E-state index contributed by atoms with van der Waals surface area (Å²) in [6.45, 7) is 3.57. The first-order valence-corrected chi connectivity index (χ1v) is 6.17. The molecule has 0 bridgehead atoms. The minimum Gasteiger partial charge on any atom is -0.383 e. The zero-order valence-electron chi connectivity index (χ0n) is 10.7. The standard InChI is InChI=1S/C15H14N4/c1-10-3-2-4-12(5-10)19-8-11-7-18-15(17)13(6-16)14(11)9-19/h2-5,7H,8-9H2,1H3,(H2,17,18). The molecule has 0 amide bonds. The van der Waals surface area contributed by atoms with Crippen LogP contribution < -0.4 is 10.6 Å². The fourth-order valence-corrected chi connectivity index (χ4v) is 2.51. The average molecular weight is 250 g/mol. The Morgan fingerprint density at radius 1 is 1.37 bits per heavy atom. The molecular formula is C15H14N4. The van der Waals surface area contributed by atoms with Gasteiger partial charge in [0.15, 0.2) is 0 Å². The second kappa shape index (κ2) is 4.29. The Morgan fingerprint density at radius 2 is 2.21 bits per heavy atom. The minimum absolute atomic E-state index is 0.326. The highest BCUT2D eigenvalue weighted by Crippen LogP contribution is 2.31. The SMILES string of the molecule is Cc1cccc(N2Cc3cnc(N)c(C#N)c3C2)c1. The molecule has 0 radical (unpaired) electrons. The van der Waals surface area contributed by atoms with Gasteiger partial charge in [0, 0.05) is 25.0 Å². The number of fused-ring (bicyclic) bond motifs is 1. The van der Waals surface area contributed by atoms with Crippen LogP contribution in [0, 0.1) is 18.3 Å². The topological polar surface area (TPSA) is 65.9 Å². The van der Waals surface area contributed by atoms with Gasteiger partial charge in [-0.2, -0.15) is 5.26 Å². The van der Waals surface area contributed by atoms with E-state index in [0.29, 0.717) is 17.9 Å². The fourth-order valence-electron chi connectivity index (χ4n) is 2.51. The molecule has 19 heavy (non-hydrogen) atoms. The predicted octanol–water partition coefficient (Wildman–Crippen LogP) is 2.36. The van der Waals surface area contributed by atoms with Crippen LogP contribution in [0.1, 0.15) is 22.3 Å². The van der Waals surface area contributed by atoms with Crippen molar-refractivity contribution >= 4 is 11.5 Å². The molecular weight excluding hydrogens is 236 g/mol. The Balaban J connectivity index is 1.99. The first-order chi connectivity index (χ1) is 9.19. The summed E-state index contributed by atoms with van der Waals surface area (Å²) < 4.78 is 0. The number of anilines is 2. The quantitative estimate of drug-likeness (QED) is 0.843. The highest BCUT2D eigenvalue weighted by Gasteiger charge is 2.24. The van der Waals surface area contributed by atoms with E-state index in [1.807, 2.05) is 6.07 Å². The Hall–Kier alpha value is -2.54. The Kier molecular flexibility index (Phi) is 2.60. The summed E-state index contributed by atoms with van der Waals surface area (Å²) in [6.07, 6.45) is 1.78. The van der Waals surface area contributed by atoms with Crippen molar-refractivity contribution in [2.45, 2.75) is 20.0 Å². The summed E-state index contributed by atoms with van der Waals surface area (Å²) >= 11 is 0. The van der Waals surface area contributed by atoms with Crippen LogP contribution in [0.5, 0.6) is 0 Å². The van der Waals surface area contributed by atoms with Crippen molar-refractivity contribution in [2.24, 2.45) is 0 Å². The van der Waals surface area contributed by atoms with Crippen LogP contribution in [0.3, 0.4) is 0 Å². The van der Waals surface area contributed by atoms with Gasteiger partial charge in [0.1, 0.15) is 11.9 Å². The van der Waals surface area contributed by atoms with E-state index >= 15 is 0 Å². The molecule has 0 saturated carbocycles. The molecule has 4 heteroatoms. The van der Waals surface area contributed by atoms with Crippen molar-refractivity contribution in [3.63, 3.8) is 0 Å². The van der Waals surface area contributed by atoms with Crippen molar-refractivity contribution in [3.8, 4) is 6.07 Å². The predicted molar refractivity (Wildman–Crippen MR) is 74.4 cm³/mol. The van der Waals surface area contributed by atoms with E-state index in [9.17, 15) is 5.26 Å². The molecule has 1 aliphatic rings. The summed E-state index contributed by atoms with van der Waals surface area (Å²) in [5, 5.41) is 9.20. The first kappa shape index (κ1) is 11.5. The molecule has 4 nitrogen and oxygen atoms in total. The van der Waals surface area contributed by atoms with Gasteiger partial charge in [0.2, 0.25) is 0 Å². The maximum Gasteiger partial charge on any atom is 0.141 e. The highest BCUT2D eigenvalue weighted by atomic mass is 15.1. The van der Waals surface area contributed by atoms with E-state index in [1.165, 1.54) is 11.3 Å². The zero-order valence-corrected chi connectivity index (χ0v) is 10.7. The molecule has 1 aromatic carbocycles. The van der Waals surface area contributed by atoms with Gasteiger partial charge in [-0.25, -0.2) is 4.98 Å². The third kappa shape index (κ3) is 1.89. The van der Waals surface area contributed by atoms with Gasteiger partial charge in [-0.15, -0.1) is 0 Å². The molecule has 2 aromatic rings. The summed E-state index contributed by atoms with van der Waals surface area (Å²) in [7, 11) is 0. The lowest BCUT2D eigenvalue weighted by atomic mass is 10.1. The average Bonchev–Trinajstić information content (AvgIpc) is 2.83. The molecule has 1 aliphatic heterocycles. The van der Waals surface area contributed by atoms with Gasteiger partial charge in [0.05, 0.1) is 5.56 Å². The van der Waals surface area contributed by atoms with E-state index < -0.39 is 0 Å². The Morgan fingerprint density at radius 3 is 2.95 bits per heavy atom. The third-order valence-corrected chi connectivity index (χ3v) is 3.49. The van der Waals surface area contributed by atoms with Crippen molar-refractivity contribution in [2.75, 3.05) is 10.6 Å². The van der Waals surface area contributed by atoms with Crippen molar-refractivity contribution in [1.82, 2.24) is 4.98 Å². The molecule has 0 fully saturated rings. The summed E-state index contributed by atoms with van der Waals surface area (Å²) in [5.74, 6) is 0.326. The van der Waals surface area contributed by atoms with Crippen LogP contribution >= 0.6 is 0 Å². The second-order valence-electron chi connectivity index (χ2n) is 4.83. The van der Waals surface area contributed by atoms with Gasteiger partial charge in [-0.1, -0.05) is 12.1 Å². The molecule has 0 atom stereocenters. The van der Waals surface area contributed by atoms with Crippen LogP contribution in [0.15, 0.2) is 30.5 Å². The van der Waals surface area contributed by atoms with E-state index in [1.54, 1.807) is 6.20 Å². The number of aryl methyl sites for hydroxylation is 1. The lowest BCUT2D eigenvalue weighted by molar-refractivity contribution is 0.878. The number of pyridine rings is 1. The summed E-state index contributed by atoms with van der Waals surface area (Å²) in [4.78, 5) is 6.33. The first-order valence-electron chi connectivity index (χ1n) is 6.17. The lowest BCUT2D eigenvalue weighted by Crippen LogP contribution is -2.14. The minimum atomic E-state index is 0.326. The Bertz CT molecular complexity index is 685. The van der Waals surface area contributed by atoms with E-state index in [0.717, 1.165) is 17.7 Å². The second-order valence-corrected chi connectivity index (χ2v) is 4.83. The van der Waals surface area contributed by atoms with Crippen molar-refractivity contribution < 1.29 is 0 Å². The summed E-state index contributed by atoms with van der Waals surface area (Å²) in [5.41, 5.74) is 10.8. The lowest BCUT2D eigenvalue weighted by Gasteiger charge is -2.18. The Labute approximate surface area is 112 Å². The number of hydrogen-bond donors (Lipinski definition) is 1. The molecule has 2 N–H and O–H groups in total. The highest BCUT2D eigenvalue weighted by molar-refractivity contribution is 5.61. The number of nitrogens with zero attached hydrogens (tertiary/aromatic N) is 3.